The van der Waals surface area contributed by atoms with E-state index in [1.165, 1.54) is 11.3 Å². The molecule has 1 aromatic heterocycles. The zero-order chi connectivity index (χ0) is 17.9. The molecule has 0 aliphatic carbocycles. The van der Waals surface area contributed by atoms with Gasteiger partial charge in [0.1, 0.15) is 0 Å². The first-order chi connectivity index (χ1) is 11.2. The van der Waals surface area contributed by atoms with Crippen LogP contribution in [-0.2, 0) is 13.1 Å². The quantitative estimate of drug-likeness (QED) is 0.829. The summed E-state index contributed by atoms with van der Waals surface area (Å²) < 4.78 is 2.05. The van der Waals surface area contributed by atoms with E-state index in [0.29, 0.717) is 6.54 Å². The number of nitrogens with one attached hydrogen (secondary N) is 1. The van der Waals surface area contributed by atoms with Gasteiger partial charge in [0.2, 0.25) is 0 Å². The molecule has 4 nitrogen and oxygen atoms in total. The SMILES string of the molecule is Cc1nn(Cc2ccccc2Cl)c(C)c1CNCC(C)(C)N(C)C. The van der Waals surface area contributed by atoms with Crippen molar-refractivity contribution in [3.8, 4) is 0 Å². The molecular formula is C19H29ClN4. The van der Waals surface area contributed by atoms with Gasteiger partial charge in [-0.1, -0.05) is 29.8 Å². The van der Waals surface area contributed by atoms with Gasteiger partial charge >= 0.3 is 0 Å². The summed E-state index contributed by atoms with van der Waals surface area (Å²) in [5, 5.41) is 9.07. The maximum absolute atomic E-state index is 6.28. The maximum atomic E-state index is 6.28. The van der Waals surface area contributed by atoms with Gasteiger partial charge in [-0.15, -0.1) is 0 Å². The van der Waals surface area contributed by atoms with Gasteiger partial charge in [0, 0.05) is 34.9 Å². The topological polar surface area (TPSA) is 33.1 Å². The molecule has 0 amide bonds. The Kier molecular flexibility index (Phi) is 6.07. The summed E-state index contributed by atoms with van der Waals surface area (Å²) in [6.07, 6.45) is 0. The molecule has 0 aliphatic heterocycles. The van der Waals surface area contributed by atoms with Gasteiger partial charge in [-0.2, -0.15) is 5.10 Å². The molecule has 2 aromatic rings. The fourth-order valence-electron chi connectivity index (χ4n) is 2.58. The highest BCUT2D eigenvalue weighted by molar-refractivity contribution is 6.31. The van der Waals surface area contributed by atoms with Crippen LogP contribution >= 0.6 is 11.6 Å². The van der Waals surface area contributed by atoms with Crippen molar-refractivity contribution in [2.24, 2.45) is 0 Å². The second-order valence-corrected chi connectivity index (χ2v) is 7.62. The lowest BCUT2D eigenvalue weighted by molar-refractivity contribution is 0.189. The van der Waals surface area contributed by atoms with E-state index in [1.54, 1.807) is 0 Å². The standard InChI is InChI=1S/C19H29ClN4/c1-14-17(11-21-13-19(3,4)23(5)6)15(2)24(22-14)12-16-9-7-8-10-18(16)20/h7-10,21H,11-13H2,1-6H3. The average molecular weight is 349 g/mol. The Bertz CT molecular complexity index is 689. The number of nitrogens with zero attached hydrogens (tertiary/aromatic N) is 3. The minimum atomic E-state index is 0.120. The van der Waals surface area contributed by atoms with Gasteiger partial charge in [0.25, 0.3) is 0 Å². The van der Waals surface area contributed by atoms with Crippen LogP contribution in [-0.4, -0.2) is 40.9 Å². The summed E-state index contributed by atoms with van der Waals surface area (Å²) in [5.74, 6) is 0. The molecule has 0 unspecified atom stereocenters. The Hall–Kier alpha value is -1.36. The van der Waals surface area contributed by atoms with Crippen molar-refractivity contribution in [3.63, 3.8) is 0 Å². The molecule has 24 heavy (non-hydrogen) atoms. The largest absolute Gasteiger partial charge is 0.311 e. The highest BCUT2D eigenvalue weighted by Crippen LogP contribution is 2.19. The van der Waals surface area contributed by atoms with E-state index < -0.39 is 0 Å². The second kappa shape index (κ2) is 7.68. The summed E-state index contributed by atoms with van der Waals surface area (Å²) in [6, 6.07) is 7.94. The third-order valence-corrected chi connectivity index (χ3v) is 5.25. The summed E-state index contributed by atoms with van der Waals surface area (Å²) in [5.41, 5.74) is 4.77. The van der Waals surface area contributed by atoms with Gasteiger partial charge in [0.05, 0.1) is 12.2 Å². The number of hydrogen-bond acceptors (Lipinski definition) is 3. The highest BCUT2D eigenvalue weighted by Gasteiger charge is 2.20. The van der Waals surface area contributed by atoms with Crippen LogP contribution in [0.1, 0.15) is 36.4 Å². The Morgan fingerprint density at radius 3 is 2.50 bits per heavy atom. The van der Waals surface area contributed by atoms with Crippen molar-refractivity contribution in [1.29, 1.82) is 0 Å². The fraction of sp³-hybridized carbons (Fsp3) is 0.526. The normalized spacial score (nSPS) is 12.2. The van der Waals surface area contributed by atoms with Gasteiger partial charge in [-0.05, 0) is 53.4 Å². The second-order valence-electron chi connectivity index (χ2n) is 7.21. The van der Waals surface area contributed by atoms with E-state index >= 15 is 0 Å². The van der Waals surface area contributed by atoms with E-state index in [1.807, 2.05) is 22.9 Å². The first-order valence-corrected chi connectivity index (χ1v) is 8.74. The smallest absolute Gasteiger partial charge is 0.0677 e. The Morgan fingerprint density at radius 2 is 1.88 bits per heavy atom. The number of rotatable bonds is 7. The number of aryl methyl sites for hydroxylation is 1. The van der Waals surface area contributed by atoms with Crippen LogP contribution < -0.4 is 5.32 Å². The predicted octanol–water partition coefficient (Wildman–Crippen LogP) is 3.63. The first-order valence-electron chi connectivity index (χ1n) is 8.37. The maximum Gasteiger partial charge on any atom is 0.0677 e. The van der Waals surface area contributed by atoms with Crippen LogP contribution in [0.15, 0.2) is 24.3 Å². The molecule has 5 heteroatoms. The Balaban J connectivity index is 2.08. The van der Waals surface area contributed by atoms with Crippen LogP contribution in [0, 0.1) is 13.8 Å². The predicted molar refractivity (Wildman–Crippen MR) is 102 cm³/mol. The molecule has 1 aromatic carbocycles. The van der Waals surface area contributed by atoms with Crippen LogP contribution in [0.25, 0.3) is 0 Å². The molecule has 1 N–H and O–H groups in total. The minimum Gasteiger partial charge on any atom is -0.311 e. The lowest BCUT2D eigenvalue weighted by atomic mass is 10.0. The molecular weight excluding hydrogens is 320 g/mol. The van der Waals surface area contributed by atoms with Crippen molar-refractivity contribution >= 4 is 11.6 Å². The Morgan fingerprint density at radius 1 is 1.21 bits per heavy atom. The summed E-state index contributed by atoms with van der Waals surface area (Å²) in [4.78, 5) is 2.24. The van der Waals surface area contributed by atoms with E-state index in [2.05, 4.69) is 58.1 Å². The van der Waals surface area contributed by atoms with Gasteiger partial charge in [0.15, 0.2) is 0 Å². The third kappa shape index (κ3) is 4.38. The first kappa shape index (κ1) is 19.0. The summed E-state index contributed by atoms with van der Waals surface area (Å²) in [6.45, 7) is 11.1. The zero-order valence-corrected chi connectivity index (χ0v) is 16.4. The zero-order valence-electron chi connectivity index (χ0n) is 15.7. The minimum absolute atomic E-state index is 0.120. The van der Waals surface area contributed by atoms with Gasteiger partial charge in [-0.3, -0.25) is 4.68 Å². The molecule has 0 bridgehead atoms. The van der Waals surface area contributed by atoms with Crippen molar-refractivity contribution in [1.82, 2.24) is 20.0 Å². The van der Waals surface area contributed by atoms with Crippen molar-refractivity contribution in [2.75, 3.05) is 20.6 Å². The number of halogens is 1. The molecule has 0 spiro atoms. The third-order valence-electron chi connectivity index (χ3n) is 4.88. The molecule has 0 saturated heterocycles. The number of benzene rings is 1. The van der Waals surface area contributed by atoms with E-state index in [4.69, 9.17) is 16.7 Å². The molecule has 0 saturated carbocycles. The molecule has 1 heterocycles. The van der Waals surface area contributed by atoms with Crippen LogP contribution in [0.2, 0.25) is 5.02 Å². The molecule has 0 atom stereocenters. The van der Waals surface area contributed by atoms with Crippen molar-refractivity contribution in [3.05, 3.63) is 51.8 Å². The monoisotopic (exact) mass is 348 g/mol. The molecule has 0 fully saturated rings. The number of hydrogen-bond donors (Lipinski definition) is 1. The van der Waals surface area contributed by atoms with Crippen LogP contribution in [0.5, 0.6) is 0 Å². The lowest BCUT2D eigenvalue weighted by Crippen LogP contribution is -2.46. The van der Waals surface area contributed by atoms with Crippen molar-refractivity contribution < 1.29 is 0 Å². The van der Waals surface area contributed by atoms with Crippen molar-refractivity contribution in [2.45, 2.75) is 46.3 Å². The van der Waals surface area contributed by atoms with E-state index in [-0.39, 0.29) is 5.54 Å². The number of aromatic nitrogens is 2. The Labute approximate surface area is 150 Å². The molecule has 0 aliphatic rings. The van der Waals surface area contributed by atoms with E-state index in [0.717, 1.165) is 29.4 Å². The lowest BCUT2D eigenvalue weighted by Gasteiger charge is -2.32. The van der Waals surface area contributed by atoms with E-state index in [9.17, 15) is 0 Å². The van der Waals surface area contributed by atoms with Gasteiger partial charge in [-0.25, -0.2) is 0 Å². The summed E-state index contributed by atoms with van der Waals surface area (Å²) in [7, 11) is 4.22. The molecule has 132 valence electrons. The number of likely N-dealkylation sites (N-methyl/N-ethyl adjacent to an activating group) is 1. The van der Waals surface area contributed by atoms with Crippen LogP contribution in [0.3, 0.4) is 0 Å². The molecule has 2 rings (SSSR count). The molecule has 0 radical (unpaired) electrons. The van der Waals surface area contributed by atoms with Crippen LogP contribution in [0.4, 0.5) is 0 Å². The van der Waals surface area contributed by atoms with Gasteiger partial charge < -0.3 is 10.2 Å². The average Bonchev–Trinajstić information content (AvgIpc) is 2.77. The summed E-state index contributed by atoms with van der Waals surface area (Å²) >= 11 is 6.28. The highest BCUT2D eigenvalue weighted by atomic mass is 35.5. The fourth-order valence-corrected chi connectivity index (χ4v) is 2.78.